The summed E-state index contributed by atoms with van der Waals surface area (Å²) in [7, 11) is 1.56. The van der Waals surface area contributed by atoms with Gasteiger partial charge in [-0.05, 0) is 48.4 Å². The van der Waals surface area contributed by atoms with Gasteiger partial charge in [-0.1, -0.05) is 6.58 Å². The lowest BCUT2D eigenvalue weighted by Gasteiger charge is -2.29. The zero-order valence-corrected chi connectivity index (χ0v) is 15.8. The molecule has 2 aromatic rings. The number of halogens is 3. The number of hydrazone groups is 1. The SMILES string of the molecule is C=C1NC(=Nc2ccc(OC)cc2C)N(Cc2cc(F)c(F)c(F)c2)N=C1CO. The van der Waals surface area contributed by atoms with Crippen molar-refractivity contribution in [2.75, 3.05) is 13.7 Å². The van der Waals surface area contributed by atoms with Crippen LogP contribution in [-0.4, -0.2) is 35.5 Å². The van der Waals surface area contributed by atoms with Crippen LogP contribution in [-0.2, 0) is 6.54 Å². The molecule has 29 heavy (non-hydrogen) atoms. The van der Waals surface area contributed by atoms with Crippen LogP contribution in [0.2, 0.25) is 0 Å². The van der Waals surface area contributed by atoms with Gasteiger partial charge in [-0.3, -0.25) is 0 Å². The highest BCUT2D eigenvalue weighted by Crippen LogP contribution is 2.25. The van der Waals surface area contributed by atoms with Gasteiger partial charge in [0.2, 0.25) is 5.96 Å². The monoisotopic (exact) mass is 404 g/mol. The van der Waals surface area contributed by atoms with Crippen LogP contribution in [0.15, 0.2) is 52.7 Å². The Morgan fingerprint density at radius 2 is 1.90 bits per heavy atom. The molecule has 0 bridgehead atoms. The Bertz CT molecular complexity index is 998. The molecule has 0 unspecified atom stereocenters. The van der Waals surface area contributed by atoms with E-state index in [1.54, 1.807) is 25.3 Å². The number of aliphatic imine (C=N–C) groups is 1. The highest BCUT2D eigenvalue weighted by Gasteiger charge is 2.23. The van der Waals surface area contributed by atoms with Crippen molar-refractivity contribution in [3.63, 3.8) is 0 Å². The highest BCUT2D eigenvalue weighted by molar-refractivity contribution is 6.06. The number of methoxy groups -OCH3 is 1. The number of rotatable bonds is 5. The Balaban J connectivity index is 2.00. The van der Waals surface area contributed by atoms with Gasteiger partial charge >= 0.3 is 0 Å². The number of nitrogens with one attached hydrogen (secondary N) is 1. The van der Waals surface area contributed by atoms with Crippen molar-refractivity contribution in [3.8, 4) is 5.75 Å². The number of nitrogens with zero attached hydrogens (tertiary/aromatic N) is 3. The molecule has 2 aromatic carbocycles. The van der Waals surface area contributed by atoms with Crippen molar-refractivity contribution in [2.24, 2.45) is 10.1 Å². The van der Waals surface area contributed by atoms with Crippen LogP contribution in [0.4, 0.5) is 18.9 Å². The van der Waals surface area contributed by atoms with Gasteiger partial charge in [-0.25, -0.2) is 23.2 Å². The maximum atomic E-state index is 13.6. The average Bonchev–Trinajstić information content (AvgIpc) is 2.69. The van der Waals surface area contributed by atoms with E-state index in [1.165, 1.54) is 5.01 Å². The number of guanidine groups is 1. The molecule has 6 nitrogen and oxygen atoms in total. The van der Waals surface area contributed by atoms with Gasteiger partial charge in [-0.15, -0.1) is 0 Å². The fourth-order valence-corrected chi connectivity index (χ4v) is 2.71. The summed E-state index contributed by atoms with van der Waals surface area (Å²) in [6.45, 7) is 5.12. The summed E-state index contributed by atoms with van der Waals surface area (Å²) in [5, 5.41) is 18.0. The Morgan fingerprint density at radius 3 is 2.48 bits per heavy atom. The third kappa shape index (κ3) is 4.40. The Hall–Kier alpha value is -3.33. The zero-order valence-electron chi connectivity index (χ0n) is 15.8. The van der Waals surface area contributed by atoms with Crippen molar-refractivity contribution in [3.05, 3.63) is 71.2 Å². The number of aliphatic hydroxyl groups is 1. The molecule has 1 aliphatic heterocycles. The number of hydrogen-bond donors (Lipinski definition) is 2. The number of benzene rings is 2. The van der Waals surface area contributed by atoms with Crippen molar-refractivity contribution >= 4 is 17.4 Å². The topological polar surface area (TPSA) is 69.5 Å². The highest BCUT2D eigenvalue weighted by atomic mass is 19.2. The first-order valence-corrected chi connectivity index (χ1v) is 8.61. The third-order valence-electron chi connectivity index (χ3n) is 4.25. The number of ether oxygens (including phenoxy) is 1. The lowest BCUT2D eigenvalue weighted by Crippen LogP contribution is -2.44. The van der Waals surface area contributed by atoms with E-state index in [9.17, 15) is 18.3 Å². The number of aryl methyl sites for hydroxylation is 1. The van der Waals surface area contributed by atoms with Crippen molar-refractivity contribution in [1.29, 1.82) is 0 Å². The molecule has 152 valence electrons. The molecular weight excluding hydrogens is 385 g/mol. The summed E-state index contributed by atoms with van der Waals surface area (Å²) in [4.78, 5) is 4.52. The molecule has 0 amide bonds. The summed E-state index contributed by atoms with van der Waals surface area (Å²) in [5.74, 6) is -3.25. The molecule has 0 aromatic heterocycles. The second-order valence-corrected chi connectivity index (χ2v) is 6.33. The average molecular weight is 404 g/mol. The first kappa shape index (κ1) is 20.4. The van der Waals surface area contributed by atoms with Crippen molar-refractivity contribution in [2.45, 2.75) is 13.5 Å². The molecule has 0 radical (unpaired) electrons. The lowest BCUT2D eigenvalue weighted by atomic mass is 10.2. The van der Waals surface area contributed by atoms with Gasteiger partial charge in [0.25, 0.3) is 0 Å². The molecule has 3 rings (SSSR count). The van der Waals surface area contributed by atoms with Crippen LogP contribution in [0, 0.1) is 24.4 Å². The fraction of sp³-hybridized carbons (Fsp3) is 0.200. The minimum Gasteiger partial charge on any atom is -0.497 e. The van der Waals surface area contributed by atoms with Crippen LogP contribution in [0.3, 0.4) is 0 Å². The van der Waals surface area contributed by atoms with E-state index in [0.717, 1.165) is 17.7 Å². The van der Waals surface area contributed by atoms with Crippen LogP contribution in [0.1, 0.15) is 11.1 Å². The summed E-state index contributed by atoms with van der Waals surface area (Å²) >= 11 is 0. The molecule has 0 spiro atoms. The van der Waals surface area contributed by atoms with E-state index < -0.39 is 24.1 Å². The van der Waals surface area contributed by atoms with Crippen LogP contribution < -0.4 is 10.1 Å². The molecule has 0 fully saturated rings. The molecule has 0 saturated heterocycles. The Kier molecular flexibility index (Phi) is 5.88. The summed E-state index contributed by atoms with van der Waals surface area (Å²) < 4.78 is 45.6. The largest absolute Gasteiger partial charge is 0.497 e. The molecular formula is C20H19F3N4O2. The smallest absolute Gasteiger partial charge is 0.224 e. The van der Waals surface area contributed by atoms with Crippen molar-refractivity contribution < 1.29 is 23.0 Å². The van der Waals surface area contributed by atoms with E-state index in [1.807, 2.05) is 6.92 Å². The maximum absolute atomic E-state index is 13.6. The first-order chi connectivity index (χ1) is 13.8. The molecule has 2 N–H and O–H groups in total. The Labute approximate surface area is 165 Å². The van der Waals surface area contributed by atoms with E-state index in [4.69, 9.17) is 4.74 Å². The first-order valence-electron chi connectivity index (χ1n) is 8.61. The quantitative estimate of drug-likeness (QED) is 0.750. The van der Waals surface area contributed by atoms with E-state index >= 15 is 0 Å². The Morgan fingerprint density at radius 1 is 1.21 bits per heavy atom. The fourth-order valence-electron chi connectivity index (χ4n) is 2.71. The minimum atomic E-state index is -1.54. The van der Waals surface area contributed by atoms with Gasteiger partial charge < -0.3 is 15.2 Å². The molecule has 0 atom stereocenters. The second kappa shape index (κ2) is 8.36. The van der Waals surface area contributed by atoms with E-state index in [-0.39, 0.29) is 23.8 Å². The minimum absolute atomic E-state index is 0.119. The molecule has 1 heterocycles. The molecule has 0 saturated carbocycles. The van der Waals surface area contributed by atoms with E-state index in [0.29, 0.717) is 17.1 Å². The number of hydrogen-bond acceptors (Lipinski definition) is 4. The van der Waals surface area contributed by atoms with Crippen LogP contribution in [0.5, 0.6) is 5.75 Å². The van der Waals surface area contributed by atoms with Crippen molar-refractivity contribution in [1.82, 2.24) is 10.3 Å². The van der Waals surface area contributed by atoms with E-state index in [2.05, 4.69) is 22.0 Å². The van der Waals surface area contributed by atoms with Gasteiger partial charge in [-0.2, -0.15) is 5.10 Å². The number of aliphatic hydroxyl groups excluding tert-OH is 1. The lowest BCUT2D eigenvalue weighted by molar-refractivity contribution is 0.345. The van der Waals surface area contributed by atoms with Gasteiger partial charge in [0.05, 0.1) is 31.6 Å². The van der Waals surface area contributed by atoms with Gasteiger partial charge in [0, 0.05) is 0 Å². The third-order valence-corrected chi connectivity index (χ3v) is 4.25. The molecule has 0 aliphatic carbocycles. The van der Waals surface area contributed by atoms with Gasteiger partial charge in [0.1, 0.15) is 11.5 Å². The predicted molar refractivity (Wildman–Crippen MR) is 103 cm³/mol. The summed E-state index contributed by atoms with van der Waals surface area (Å²) in [5.41, 5.74) is 2.13. The van der Waals surface area contributed by atoms with Crippen LogP contribution in [0.25, 0.3) is 0 Å². The second-order valence-electron chi connectivity index (χ2n) is 6.33. The zero-order chi connectivity index (χ0) is 21.1. The normalized spacial score (nSPS) is 15.4. The summed E-state index contributed by atoms with van der Waals surface area (Å²) in [6.07, 6.45) is 0. The maximum Gasteiger partial charge on any atom is 0.224 e. The molecule has 1 aliphatic rings. The predicted octanol–water partition coefficient (Wildman–Crippen LogP) is 3.38. The molecule has 9 heteroatoms. The van der Waals surface area contributed by atoms with Gasteiger partial charge in [0.15, 0.2) is 17.5 Å². The van der Waals surface area contributed by atoms with Crippen LogP contribution >= 0.6 is 0 Å². The summed E-state index contributed by atoms with van der Waals surface area (Å²) in [6, 6.07) is 7.04. The standard InChI is InChI=1S/C20H19F3N4O2/c1-11-6-14(29-3)4-5-17(11)25-20-24-12(2)18(10-28)26-27(20)9-13-7-15(21)19(23)16(22)8-13/h4-8,28H,2,9-10H2,1,3H3,(H,24,25).